The van der Waals surface area contributed by atoms with E-state index in [0.29, 0.717) is 5.92 Å². The van der Waals surface area contributed by atoms with Gasteiger partial charge in [0, 0.05) is 20.3 Å². The summed E-state index contributed by atoms with van der Waals surface area (Å²) in [6, 6.07) is 0. The highest BCUT2D eigenvalue weighted by Crippen LogP contribution is 2.31. The van der Waals surface area contributed by atoms with Gasteiger partial charge in [-0.1, -0.05) is 19.3 Å². The Labute approximate surface area is 106 Å². The molecule has 18 heavy (non-hydrogen) atoms. The highest BCUT2D eigenvalue weighted by atomic mass is 16.7. The number of ketones is 1. The summed E-state index contributed by atoms with van der Waals surface area (Å²) in [5, 5.41) is 0. The maximum Gasteiger partial charge on any atom is 0.331 e. The van der Waals surface area contributed by atoms with Gasteiger partial charge in [0.1, 0.15) is 0 Å². The smallest absolute Gasteiger partial charge is 0.331 e. The van der Waals surface area contributed by atoms with Gasteiger partial charge in [-0.2, -0.15) is 0 Å². The van der Waals surface area contributed by atoms with Gasteiger partial charge in [-0.05, 0) is 12.3 Å². The zero-order valence-corrected chi connectivity index (χ0v) is 10.7. The number of cyclic esters (lactones) is 2. The third-order valence-electron chi connectivity index (χ3n) is 3.51. The van der Waals surface area contributed by atoms with Crippen molar-refractivity contribution in [2.75, 3.05) is 0 Å². The third-order valence-corrected chi connectivity index (χ3v) is 3.51. The molecule has 2 fully saturated rings. The SMILES string of the molecule is CC1(C)OC(=O)C(C(=O)CCC2CCC2)C(=O)O1. The van der Waals surface area contributed by atoms with Gasteiger partial charge in [0.05, 0.1) is 0 Å². The molecule has 1 heterocycles. The molecule has 0 N–H and O–H groups in total. The van der Waals surface area contributed by atoms with Crippen molar-refractivity contribution in [2.45, 2.75) is 51.7 Å². The van der Waals surface area contributed by atoms with Crippen LogP contribution in [0.15, 0.2) is 0 Å². The van der Waals surface area contributed by atoms with E-state index >= 15 is 0 Å². The van der Waals surface area contributed by atoms with Crippen LogP contribution in [0.2, 0.25) is 0 Å². The molecule has 2 aliphatic rings. The molecule has 2 rings (SSSR count). The van der Waals surface area contributed by atoms with Gasteiger partial charge in [0.2, 0.25) is 5.92 Å². The van der Waals surface area contributed by atoms with Crippen LogP contribution in [0.25, 0.3) is 0 Å². The minimum atomic E-state index is -1.38. The number of ether oxygens (including phenoxy) is 2. The molecule has 0 amide bonds. The Morgan fingerprint density at radius 2 is 1.78 bits per heavy atom. The number of hydrogen-bond acceptors (Lipinski definition) is 5. The minimum absolute atomic E-state index is 0.250. The predicted octanol–water partition coefficient (Wildman–Crippen LogP) is 1.59. The third kappa shape index (κ3) is 2.71. The van der Waals surface area contributed by atoms with Crippen LogP contribution >= 0.6 is 0 Å². The molecule has 0 aromatic carbocycles. The molecule has 0 bridgehead atoms. The van der Waals surface area contributed by atoms with Crippen molar-refractivity contribution in [1.29, 1.82) is 0 Å². The zero-order chi connectivity index (χ0) is 13.3. The van der Waals surface area contributed by atoms with E-state index in [1.165, 1.54) is 20.3 Å². The molecule has 0 aromatic rings. The van der Waals surface area contributed by atoms with Crippen LogP contribution < -0.4 is 0 Å². The van der Waals surface area contributed by atoms with Crippen molar-refractivity contribution in [2.24, 2.45) is 11.8 Å². The zero-order valence-electron chi connectivity index (χ0n) is 10.7. The normalized spacial score (nSPS) is 24.1. The number of rotatable bonds is 4. The molecule has 0 radical (unpaired) electrons. The fourth-order valence-electron chi connectivity index (χ4n) is 2.25. The average molecular weight is 254 g/mol. The van der Waals surface area contributed by atoms with Gasteiger partial charge in [-0.15, -0.1) is 0 Å². The van der Waals surface area contributed by atoms with Crippen molar-refractivity contribution in [1.82, 2.24) is 0 Å². The Hall–Kier alpha value is -1.39. The fourth-order valence-corrected chi connectivity index (χ4v) is 2.25. The van der Waals surface area contributed by atoms with Gasteiger partial charge >= 0.3 is 11.9 Å². The second kappa shape index (κ2) is 4.71. The first kappa shape index (κ1) is 13.1. The van der Waals surface area contributed by atoms with Crippen LogP contribution in [0.1, 0.15) is 46.0 Å². The number of hydrogen-bond donors (Lipinski definition) is 0. The largest absolute Gasteiger partial charge is 0.422 e. The van der Waals surface area contributed by atoms with Gasteiger partial charge in [-0.25, -0.2) is 0 Å². The topological polar surface area (TPSA) is 69.7 Å². The first-order chi connectivity index (χ1) is 8.39. The molecule has 1 saturated heterocycles. The summed E-state index contributed by atoms with van der Waals surface area (Å²) in [4.78, 5) is 35.2. The van der Waals surface area contributed by atoms with Gasteiger partial charge in [0.15, 0.2) is 5.78 Å². The summed E-state index contributed by atoms with van der Waals surface area (Å²) in [5.41, 5.74) is 0. The van der Waals surface area contributed by atoms with Gasteiger partial charge < -0.3 is 9.47 Å². The molecule has 1 aliphatic heterocycles. The first-order valence-electron chi connectivity index (χ1n) is 6.37. The second-order valence-electron chi connectivity index (χ2n) is 5.48. The molecule has 1 saturated carbocycles. The Morgan fingerprint density at radius 1 is 1.22 bits per heavy atom. The van der Waals surface area contributed by atoms with E-state index in [1.807, 2.05) is 0 Å². The van der Waals surface area contributed by atoms with E-state index in [4.69, 9.17) is 9.47 Å². The number of carbonyl (C=O) groups excluding carboxylic acids is 3. The van der Waals surface area contributed by atoms with E-state index in [1.54, 1.807) is 0 Å². The lowest BCUT2D eigenvalue weighted by molar-refractivity contribution is -0.238. The van der Waals surface area contributed by atoms with Crippen molar-refractivity contribution in [3.8, 4) is 0 Å². The first-order valence-corrected chi connectivity index (χ1v) is 6.37. The van der Waals surface area contributed by atoms with Crippen molar-refractivity contribution in [3.63, 3.8) is 0 Å². The molecule has 0 unspecified atom stereocenters. The minimum Gasteiger partial charge on any atom is -0.422 e. The molecule has 100 valence electrons. The van der Waals surface area contributed by atoms with Crippen molar-refractivity contribution < 1.29 is 23.9 Å². The van der Waals surface area contributed by atoms with Gasteiger partial charge in [0.25, 0.3) is 5.79 Å². The van der Waals surface area contributed by atoms with Crippen LogP contribution in [0, 0.1) is 11.8 Å². The summed E-state index contributed by atoms with van der Waals surface area (Å²) in [7, 11) is 0. The monoisotopic (exact) mass is 254 g/mol. The van der Waals surface area contributed by atoms with Gasteiger partial charge in [-0.3, -0.25) is 14.4 Å². The quantitative estimate of drug-likeness (QED) is 0.563. The highest BCUT2D eigenvalue weighted by molar-refractivity contribution is 6.15. The Morgan fingerprint density at radius 3 is 2.22 bits per heavy atom. The van der Waals surface area contributed by atoms with Crippen LogP contribution in [0.3, 0.4) is 0 Å². The molecule has 0 aromatic heterocycles. The van der Waals surface area contributed by atoms with Crippen LogP contribution in [-0.2, 0) is 23.9 Å². The molecular weight excluding hydrogens is 236 g/mol. The molecule has 0 atom stereocenters. The van der Waals surface area contributed by atoms with E-state index in [9.17, 15) is 14.4 Å². The lowest BCUT2D eigenvalue weighted by Gasteiger charge is -2.32. The Bertz CT molecular complexity index is 361. The Balaban J connectivity index is 1.92. The number of carbonyl (C=O) groups is 3. The molecular formula is C13H18O5. The Kier molecular flexibility index (Phi) is 3.41. The summed E-state index contributed by atoms with van der Waals surface area (Å²) >= 11 is 0. The van der Waals surface area contributed by atoms with Crippen molar-refractivity contribution in [3.05, 3.63) is 0 Å². The predicted molar refractivity (Wildman–Crippen MR) is 61.3 cm³/mol. The molecule has 5 nitrogen and oxygen atoms in total. The molecule has 5 heteroatoms. The van der Waals surface area contributed by atoms with Crippen LogP contribution in [-0.4, -0.2) is 23.5 Å². The fraction of sp³-hybridized carbons (Fsp3) is 0.769. The van der Waals surface area contributed by atoms with Crippen molar-refractivity contribution >= 4 is 17.7 Å². The maximum atomic E-state index is 11.9. The summed E-state index contributed by atoms with van der Waals surface area (Å²) in [6.45, 7) is 2.94. The highest BCUT2D eigenvalue weighted by Gasteiger charge is 2.46. The van der Waals surface area contributed by atoms with Crippen LogP contribution in [0.5, 0.6) is 0 Å². The van der Waals surface area contributed by atoms with E-state index in [-0.39, 0.29) is 12.2 Å². The number of esters is 2. The van der Waals surface area contributed by atoms with E-state index in [2.05, 4.69) is 0 Å². The van der Waals surface area contributed by atoms with E-state index in [0.717, 1.165) is 19.3 Å². The summed E-state index contributed by atoms with van der Waals surface area (Å²) in [6.07, 6.45) is 4.49. The summed E-state index contributed by atoms with van der Waals surface area (Å²) < 4.78 is 9.84. The van der Waals surface area contributed by atoms with Crippen LogP contribution in [0.4, 0.5) is 0 Å². The molecule has 0 spiro atoms. The number of Topliss-reactive ketones (excluding diaryl/α,β-unsaturated/α-hetero) is 1. The standard InChI is InChI=1S/C13H18O5/c1-13(2)17-11(15)10(12(16)18-13)9(14)7-6-8-4-3-5-8/h8,10H,3-7H2,1-2H3. The lowest BCUT2D eigenvalue weighted by atomic mass is 9.81. The lowest BCUT2D eigenvalue weighted by Crippen LogP contribution is -2.49. The summed E-state index contributed by atoms with van der Waals surface area (Å²) in [5.74, 6) is -4.02. The second-order valence-corrected chi connectivity index (χ2v) is 5.48. The van der Waals surface area contributed by atoms with E-state index < -0.39 is 23.6 Å². The molecule has 1 aliphatic carbocycles. The maximum absolute atomic E-state index is 11.9. The average Bonchev–Trinajstić information content (AvgIpc) is 2.11.